The number of carbonyl (C=O) groups is 1. The molecule has 0 fully saturated rings. The minimum Gasteiger partial charge on any atom is -0.383 e. The highest BCUT2D eigenvalue weighted by atomic mass is 35.7. The number of amides is 1. The monoisotopic (exact) mass is 325 g/mol. The van der Waals surface area contributed by atoms with Crippen molar-refractivity contribution in [2.75, 3.05) is 20.3 Å². The fourth-order valence-corrected chi connectivity index (χ4v) is 2.95. The molecule has 0 aromatic heterocycles. The Hall–Kier alpha value is -0.820. The molecule has 1 aromatic rings. The van der Waals surface area contributed by atoms with Crippen LogP contribution in [0.2, 0.25) is 5.02 Å². The van der Waals surface area contributed by atoms with Gasteiger partial charge in [0.05, 0.1) is 11.6 Å². The number of carbonyl (C=O) groups excluding carboxylic acids is 1. The standard InChI is InChI=1S/C11H13Cl2NO4S/c1-7-5-8(11(15)14-3-4-18-2)6-9(10(7)12)19(13,16)17/h5-6H,3-4H2,1-2H3,(H,14,15). The lowest BCUT2D eigenvalue weighted by atomic mass is 10.1. The van der Waals surface area contributed by atoms with E-state index in [1.807, 2.05) is 0 Å². The Morgan fingerprint density at radius 3 is 2.58 bits per heavy atom. The van der Waals surface area contributed by atoms with Crippen molar-refractivity contribution in [1.29, 1.82) is 0 Å². The molecule has 19 heavy (non-hydrogen) atoms. The summed E-state index contributed by atoms with van der Waals surface area (Å²) in [5, 5.41) is 2.60. The van der Waals surface area contributed by atoms with Crippen LogP contribution in [-0.2, 0) is 13.8 Å². The van der Waals surface area contributed by atoms with Gasteiger partial charge in [-0.05, 0) is 24.6 Å². The second-order valence-electron chi connectivity index (χ2n) is 3.79. The summed E-state index contributed by atoms with van der Waals surface area (Å²) in [5.41, 5.74) is 0.637. The number of hydrogen-bond donors (Lipinski definition) is 1. The number of hydrogen-bond acceptors (Lipinski definition) is 4. The van der Waals surface area contributed by atoms with E-state index >= 15 is 0 Å². The zero-order chi connectivity index (χ0) is 14.6. The fraction of sp³-hybridized carbons (Fsp3) is 0.364. The van der Waals surface area contributed by atoms with E-state index in [1.165, 1.54) is 13.2 Å². The maximum Gasteiger partial charge on any atom is 0.262 e. The molecule has 0 radical (unpaired) electrons. The zero-order valence-electron chi connectivity index (χ0n) is 10.4. The molecule has 5 nitrogen and oxygen atoms in total. The van der Waals surface area contributed by atoms with Crippen molar-refractivity contribution in [2.24, 2.45) is 0 Å². The Labute approximate surface area is 121 Å². The van der Waals surface area contributed by atoms with Crippen LogP contribution in [0.5, 0.6) is 0 Å². The molecule has 106 valence electrons. The van der Waals surface area contributed by atoms with Crippen LogP contribution in [0.3, 0.4) is 0 Å². The SMILES string of the molecule is COCCNC(=O)c1cc(C)c(Cl)c(S(=O)(=O)Cl)c1. The fourth-order valence-electron chi connectivity index (χ4n) is 1.41. The minimum atomic E-state index is -4.00. The third-order valence-electron chi connectivity index (χ3n) is 2.34. The van der Waals surface area contributed by atoms with Gasteiger partial charge in [0.1, 0.15) is 4.90 Å². The van der Waals surface area contributed by atoms with Crippen molar-refractivity contribution in [3.8, 4) is 0 Å². The van der Waals surface area contributed by atoms with Crippen molar-refractivity contribution in [3.63, 3.8) is 0 Å². The smallest absolute Gasteiger partial charge is 0.262 e. The van der Waals surface area contributed by atoms with E-state index in [4.69, 9.17) is 27.0 Å². The van der Waals surface area contributed by atoms with Crippen LogP contribution in [-0.4, -0.2) is 34.6 Å². The van der Waals surface area contributed by atoms with E-state index in [0.29, 0.717) is 18.7 Å². The van der Waals surface area contributed by atoms with Gasteiger partial charge in [-0.2, -0.15) is 0 Å². The number of halogens is 2. The molecule has 0 bridgehead atoms. The first-order chi connectivity index (χ1) is 8.77. The number of benzene rings is 1. The molecule has 0 spiro atoms. The summed E-state index contributed by atoms with van der Waals surface area (Å²) in [7, 11) is 2.78. The van der Waals surface area contributed by atoms with Crippen LogP contribution in [0.4, 0.5) is 0 Å². The van der Waals surface area contributed by atoms with Gasteiger partial charge in [0.15, 0.2) is 0 Å². The molecule has 0 saturated heterocycles. The van der Waals surface area contributed by atoms with Gasteiger partial charge in [-0.25, -0.2) is 8.42 Å². The summed E-state index contributed by atoms with van der Waals surface area (Å²) in [6.07, 6.45) is 0. The van der Waals surface area contributed by atoms with Gasteiger partial charge in [0, 0.05) is 29.9 Å². The Bertz CT molecular complexity index is 587. The molecule has 0 atom stereocenters. The maximum atomic E-state index is 11.8. The first kappa shape index (κ1) is 16.2. The number of rotatable bonds is 5. The van der Waals surface area contributed by atoms with Gasteiger partial charge in [-0.15, -0.1) is 0 Å². The van der Waals surface area contributed by atoms with Gasteiger partial charge in [-0.1, -0.05) is 11.6 Å². The van der Waals surface area contributed by atoms with Crippen molar-refractivity contribution in [1.82, 2.24) is 5.32 Å². The summed E-state index contributed by atoms with van der Waals surface area (Å²) in [6, 6.07) is 2.65. The molecule has 1 N–H and O–H groups in total. The summed E-state index contributed by atoms with van der Waals surface area (Å²) in [6.45, 7) is 2.28. The Morgan fingerprint density at radius 2 is 2.05 bits per heavy atom. The largest absolute Gasteiger partial charge is 0.383 e. The van der Waals surface area contributed by atoms with Crippen LogP contribution in [0, 0.1) is 6.92 Å². The van der Waals surface area contributed by atoms with Gasteiger partial charge in [0.25, 0.3) is 15.0 Å². The van der Waals surface area contributed by atoms with Crippen molar-refractivity contribution < 1.29 is 17.9 Å². The highest BCUT2D eigenvalue weighted by molar-refractivity contribution is 8.13. The molecule has 0 unspecified atom stereocenters. The van der Waals surface area contributed by atoms with Crippen molar-refractivity contribution >= 4 is 37.2 Å². The summed E-state index contributed by atoms with van der Waals surface area (Å²) in [5.74, 6) is -0.418. The number of methoxy groups -OCH3 is 1. The predicted octanol–water partition coefficient (Wildman–Crippen LogP) is 1.95. The lowest BCUT2D eigenvalue weighted by Gasteiger charge is -2.09. The lowest BCUT2D eigenvalue weighted by Crippen LogP contribution is -2.27. The van der Waals surface area contributed by atoms with Crippen molar-refractivity contribution in [3.05, 3.63) is 28.3 Å². The van der Waals surface area contributed by atoms with Gasteiger partial charge < -0.3 is 10.1 Å². The Kier molecular flexibility index (Phi) is 5.61. The molecule has 1 aromatic carbocycles. The lowest BCUT2D eigenvalue weighted by molar-refractivity contribution is 0.0937. The molecule has 1 rings (SSSR count). The number of nitrogens with one attached hydrogen (secondary N) is 1. The first-order valence-corrected chi connectivity index (χ1v) is 7.98. The van der Waals surface area contributed by atoms with Gasteiger partial charge in [0.2, 0.25) is 0 Å². The maximum absolute atomic E-state index is 11.8. The molecule has 0 saturated carbocycles. The molecule has 1 amide bonds. The highest BCUT2D eigenvalue weighted by Gasteiger charge is 2.19. The minimum absolute atomic E-state index is 0.0171. The van der Waals surface area contributed by atoms with E-state index < -0.39 is 15.0 Å². The van der Waals surface area contributed by atoms with Crippen LogP contribution < -0.4 is 5.32 Å². The van der Waals surface area contributed by atoms with E-state index in [2.05, 4.69) is 5.32 Å². The summed E-state index contributed by atoms with van der Waals surface area (Å²) in [4.78, 5) is 11.5. The van der Waals surface area contributed by atoms with Crippen LogP contribution in [0.1, 0.15) is 15.9 Å². The quantitative estimate of drug-likeness (QED) is 0.663. The highest BCUT2D eigenvalue weighted by Crippen LogP contribution is 2.29. The molecule has 0 aliphatic rings. The van der Waals surface area contributed by atoms with Crippen LogP contribution in [0.25, 0.3) is 0 Å². The van der Waals surface area contributed by atoms with E-state index in [-0.39, 0.29) is 15.5 Å². The number of aryl methyl sites for hydroxylation is 1. The first-order valence-electron chi connectivity index (χ1n) is 5.29. The van der Waals surface area contributed by atoms with Crippen LogP contribution in [0.15, 0.2) is 17.0 Å². The summed E-state index contributed by atoms with van der Waals surface area (Å²) < 4.78 is 27.5. The van der Waals surface area contributed by atoms with Gasteiger partial charge in [-0.3, -0.25) is 4.79 Å². The normalized spacial score (nSPS) is 11.4. The second kappa shape index (κ2) is 6.56. The van der Waals surface area contributed by atoms with Gasteiger partial charge >= 0.3 is 0 Å². The third-order valence-corrected chi connectivity index (χ3v) is 4.30. The molecular formula is C11H13Cl2NO4S. The van der Waals surface area contributed by atoms with Crippen LogP contribution >= 0.6 is 22.3 Å². The second-order valence-corrected chi connectivity index (χ2v) is 6.70. The zero-order valence-corrected chi connectivity index (χ0v) is 12.7. The molecule has 0 aliphatic heterocycles. The molecule has 8 heteroatoms. The van der Waals surface area contributed by atoms with E-state index in [9.17, 15) is 13.2 Å². The Morgan fingerprint density at radius 1 is 1.42 bits per heavy atom. The molecule has 0 heterocycles. The molecular weight excluding hydrogens is 313 g/mol. The van der Waals surface area contributed by atoms with E-state index in [1.54, 1.807) is 6.92 Å². The average Bonchev–Trinajstić information content (AvgIpc) is 2.31. The van der Waals surface area contributed by atoms with Crippen molar-refractivity contribution in [2.45, 2.75) is 11.8 Å². The Balaban J connectivity index is 3.11. The number of ether oxygens (including phenoxy) is 1. The average molecular weight is 326 g/mol. The van der Waals surface area contributed by atoms with E-state index in [0.717, 1.165) is 6.07 Å². The third kappa shape index (κ3) is 4.35. The predicted molar refractivity (Wildman–Crippen MR) is 73.4 cm³/mol. The topological polar surface area (TPSA) is 72.5 Å². The molecule has 0 aliphatic carbocycles. The summed E-state index contributed by atoms with van der Waals surface area (Å²) >= 11 is 5.87.